The summed E-state index contributed by atoms with van der Waals surface area (Å²) in [6.45, 7) is 6.30. The number of carbonyl (C=O) groups is 1. The molecule has 1 heterocycles. The highest BCUT2D eigenvalue weighted by atomic mass is 35.5. The van der Waals surface area contributed by atoms with Crippen LogP contribution in [0.2, 0.25) is 5.02 Å². The van der Waals surface area contributed by atoms with E-state index < -0.39 is 0 Å². The Hall–Kier alpha value is -1.42. The highest BCUT2D eigenvalue weighted by Crippen LogP contribution is 2.37. The van der Waals surface area contributed by atoms with Crippen LogP contribution in [0.15, 0.2) is 12.1 Å². The molecular weight excluding hydrogens is 302 g/mol. The molecule has 0 radical (unpaired) electrons. The van der Waals surface area contributed by atoms with Crippen LogP contribution < -0.4 is 9.47 Å². The molecule has 1 aromatic rings. The first kappa shape index (κ1) is 16.9. The Morgan fingerprint density at radius 3 is 2.55 bits per heavy atom. The average Bonchev–Trinajstić information content (AvgIpc) is 2.52. The zero-order valence-corrected chi connectivity index (χ0v) is 14.3. The second-order valence-corrected chi connectivity index (χ2v) is 6.45. The van der Waals surface area contributed by atoms with E-state index in [-0.39, 0.29) is 5.91 Å². The van der Waals surface area contributed by atoms with Gasteiger partial charge in [0.1, 0.15) is 0 Å². The summed E-state index contributed by atoms with van der Waals surface area (Å²) in [7, 11) is 1.56. The number of piperidine rings is 1. The van der Waals surface area contributed by atoms with Gasteiger partial charge in [-0.15, -0.1) is 0 Å². The summed E-state index contributed by atoms with van der Waals surface area (Å²) >= 11 is 6.30. The van der Waals surface area contributed by atoms with Crippen molar-refractivity contribution in [3.8, 4) is 11.5 Å². The van der Waals surface area contributed by atoms with Crippen LogP contribution in [0.3, 0.4) is 0 Å². The van der Waals surface area contributed by atoms with Crippen molar-refractivity contribution in [1.82, 2.24) is 4.90 Å². The molecule has 122 valence electrons. The Bertz CT molecular complexity index is 525. The van der Waals surface area contributed by atoms with Crippen molar-refractivity contribution in [3.05, 3.63) is 22.7 Å². The molecule has 1 aliphatic rings. The van der Waals surface area contributed by atoms with E-state index in [1.807, 2.05) is 4.90 Å². The summed E-state index contributed by atoms with van der Waals surface area (Å²) in [6.07, 6.45) is 3.31. The monoisotopic (exact) mass is 325 g/mol. The van der Waals surface area contributed by atoms with Gasteiger partial charge in [-0.3, -0.25) is 4.79 Å². The first-order valence-electron chi connectivity index (χ1n) is 7.82. The molecule has 0 atom stereocenters. The van der Waals surface area contributed by atoms with Crippen LogP contribution in [0.1, 0.15) is 43.5 Å². The number of nitrogens with zero attached hydrogens (tertiary/aromatic N) is 1. The van der Waals surface area contributed by atoms with Gasteiger partial charge in [-0.05, 0) is 37.3 Å². The minimum absolute atomic E-state index is 0.00955. The molecule has 1 fully saturated rings. The molecule has 0 N–H and O–H groups in total. The third-order valence-corrected chi connectivity index (χ3v) is 3.96. The van der Waals surface area contributed by atoms with Crippen LogP contribution in [0, 0.1) is 5.92 Å². The number of amides is 1. The third kappa shape index (κ3) is 4.07. The van der Waals surface area contributed by atoms with Gasteiger partial charge >= 0.3 is 0 Å². The van der Waals surface area contributed by atoms with E-state index in [1.54, 1.807) is 19.2 Å². The minimum Gasteiger partial charge on any atom is -0.493 e. The molecule has 1 amide bonds. The number of hydrogen-bond donors (Lipinski definition) is 0. The number of hydrogen-bond acceptors (Lipinski definition) is 3. The Morgan fingerprint density at radius 2 is 1.95 bits per heavy atom. The normalized spacial score (nSPS) is 15.0. The summed E-state index contributed by atoms with van der Waals surface area (Å²) in [5.41, 5.74) is 0.556. The van der Waals surface area contributed by atoms with Crippen molar-refractivity contribution >= 4 is 17.5 Å². The lowest BCUT2D eigenvalue weighted by molar-refractivity contribution is 0.0724. The first-order valence-corrected chi connectivity index (χ1v) is 8.20. The van der Waals surface area contributed by atoms with E-state index >= 15 is 0 Å². The van der Waals surface area contributed by atoms with Crippen LogP contribution in [-0.2, 0) is 0 Å². The first-order chi connectivity index (χ1) is 10.5. The van der Waals surface area contributed by atoms with Gasteiger partial charge in [-0.2, -0.15) is 0 Å². The van der Waals surface area contributed by atoms with Crippen molar-refractivity contribution in [2.75, 3.05) is 26.8 Å². The van der Waals surface area contributed by atoms with E-state index in [2.05, 4.69) is 13.8 Å². The Morgan fingerprint density at radius 1 is 1.27 bits per heavy atom. The summed E-state index contributed by atoms with van der Waals surface area (Å²) in [5, 5.41) is 0.417. The number of ether oxygens (including phenoxy) is 2. The quantitative estimate of drug-likeness (QED) is 0.821. The molecule has 22 heavy (non-hydrogen) atoms. The second-order valence-electron chi connectivity index (χ2n) is 6.05. The fourth-order valence-electron chi connectivity index (χ4n) is 2.51. The Balaban J connectivity index is 2.22. The summed E-state index contributed by atoms with van der Waals surface area (Å²) in [4.78, 5) is 14.4. The maximum Gasteiger partial charge on any atom is 0.254 e. The molecule has 0 spiro atoms. The molecular formula is C17H24ClNO3. The van der Waals surface area contributed by atoms with E-state index in [4.69, 9.17) is 21.1 Å². The molecule has 0 bridgehead atoms. The number of halogens is 1. The number of benzene rings is 1. The molecule has 0 unspecified atom stereocenters. The van der Waals surface area contributed by atoms with Crippen molar-refractivity contribution < 1.29 is 14.3 Å². The van der Waals surface area contributed by atoms with E-state index in [1.165, 1.54) is 6.42 Å². The fraction of sp³-hybridized carbons (Fsp3) is 0.588. The Labute approximate surface area is 137 Å². The molecule has 1 saturated heterocycles. The molecule has 2 rings (SSSR count). The van der Waals surface area contributed by atoms with Gasteiger partial charge < -0.3 is 14.4 Å². The zero-order chi connectivity index (χ0) is 16.1. The van der Waals surface area contributed by atoms with Gasteiger partial charge in [0.05, 0.1) is 18.7 Å². The average molecular weight is 326 g/mol. The van der Waals surface area contributed by atoms with E-state index in [9.17, 15) is 4.79 Å². The van der Waals surface area contributed by atoms with Crippen molar-refractivity contribution in [1.29, 1.82) is 0 Å². The number of carbonyl (C=O) groups excluding carboxylic acids is 1. The van der Waals surface area contributed by atoms with E-state index in [0.717, 1.165) is 25.9 Å². The fourth-order valence-corrected chi connectivity index (χ4v) is 2.78. The Kier molecular flexibility index (Phi) is 5.95. The largest absolute Gasteiger partial charge is 0.493 e. The standard InChI is InChI=1S/C17H24ClNO3/c1-12(2)11-22-16-14(18)9-13(10-15(16)21-3)17(20)19-7-5-4-6-8-19/h9-10,12H,4-8,11H2,1-3H3. The lowest BCUT2D eigenvalue weighted by atomic mass is 10.1. The maximum absolute atomic E-state index is 12.6. The predicted octanol–water partition coefficient (Wildman–Crippen LogP) is 4.01. The second kappa shape index (κ2) is 7.73. The van der Waals surface area contributed by atoms with Gasteiger partial charge in [0.15, 0.2) is 11.5 Å². The number of methoxy groups -OCH3 is 1. The molecule has 0 aromatic heterocycles. The molecule has 0 saturated carbocycles. The molecule has 1 aromatic carbocycles. The molecule has 4 nitrogen and oxygen atoms in total. The molecule has 0 aliphatic carbocycles. The van der Waals surface area contributed by atoms with Crippen LogP contribution >= 0.6 is 11.6 Å². The SMILES string of the molecule is COc1cc(C(=O)N2CCCCC2)cc(Cl)c1OCC(C)C. The maximum atomic E-state index is 12.6. The van der Waals surface area contributed by atoms with Crippen LogP contribution in [0.25, 0.3) is 0 Å². The van der Waals surface area contributed by atoms with Crippen LogP contribution in [0.5, 0.6) is 11.5 Å². The topological polar surface area (TPSA) is 38.8 Å². The summed E-state index contributed by atoms with van der Waals surface area (Å²) in [5.74, 6) is 1.41. The highest BCUT2D eigenvalue weighted by Gasteiger charge is 2.21. The van der Waals surface area contributed by atoms with Gasteiger partial charge in [0, 0.05) is 18.7 Å². The minimum atomic E-state index is 0.00955. The van der Waals surface area contributed by atoms with Crippen molar-refractivity contribution in [3.63, 3.8) is 0 Å². The van der Waals surface area contributed by atoms with Gasteiger partial charge in [-0.25, -0.2) is 0 Å². The summed E-state index contributed by atoms with van der Waals surface area (Å²) < 4.78 is 11.1. The summed E-state index contributed by atoms with van der Waals surface area (Å²) in [6, 6.07) is 3.40. The number of rotatable bonds is 5. The molecule has 5 heteroatoms. The van der Waals surface area contributed by atoms with Crippen LogP contribution in [0.4, 0.5) is 0 Å². The lowest BCUT2D eigenvalue weighted by Crippen LogP contribution is -2.35. The number of likely N-dealkylation sites (tertiary alicyclic amines) is 1. The third-order valence-electron chi connectivity index (χ3n) is 3.68. The van der Waals surface area contributed by atoms with Crippen molar-refractivity contribution in [2.24, 2.45) is 5.92 Å². The van der Waals surface area contributed by atoms with Gasteiger partial charge in [-0.1, -0.05) is 25.4 Å². The van der Waals surface area contributed by atoms with E-state index in [0.29, 0.717) is 34.6 Å². The van der Waals surface area contributed by atoms with Gasteiger partial charge in [0.25, 0.3) is 5.91 Å². The van der Waals surface area contributed by atoms with Crippen LogP contribution in [-0.4, -0.2) is 37.6 Å². The van der Waals surface area contributed by atoms with Crippen molar-refractivity contribution in [2.45, 2.75) is 33.1 Å². The zero-order valence-electron chi connectivity index (χ0n) is 13.5. The predicted molar refractivity (Wildman–Crippen MR) is 88.1 cm³/mol. The van der Waals surface area contributed by atoms with Gasteiger partial charge in [0.2, 0.25) is 0 Å². The highest BCUT2D eigenvalue weighted by molar-refractivity contribution is 6.32. The molecule has 1 aliphatic heterocycles. The smallest absolute Gasteiger partial charge is 0.254 e. The lowest BCUT2D eigenvalue weighted by Gasteiger charge is -2.27.